The Morgan fingerprint density at radius 2 is 2.18 bits per heavy atom. The summed E-state index contributed by atoms with van der Waals surface area (Å²) >= 11 is 0. The summed E-state index contributed by atoms with van der Waals surface area (Å²) in [5, 5.41) is 0. The lowest BCUT2D eigenvalue weighted by Gasteiger charge is -2.21. The minimum atomic E-state index is -0.311. The van der Waals surface area contributed by atoms with Gasteiger partial charge in [-0.3, -0.25) is 0 Å². The summed E-state index contributed by atoms with van der Waals surface area (Å²) in [7, 11) is 1.71. The molecule has 2 nitrogen and oxygen atoms in total. The molecule has 11 heavy (non-hydrogen) atoms. The second kappa shape index (κ2) is 3.11. The Bertz CT molecular complexity index is 134. The van der Waals surface area contributed by atoms with E-state index in [1.165, 1.54) is 0 Å². The van der Waals surface area contributed by atoms with Gasteiger partial charge in [0.05, 0.1) is 6.61 Å². The fourth-order valence-corrected chi connectivity index (χ4v) is 1.45. The van der Waals surface area contributed by atoms with Crippen LogP contribution in [0.15, 0.2) is 0 Å². The topological polar surface area (TPSA) is 18.5 Å². The van der Waals surface area contributed by atoms with Gasteiger partial charge in [-0.2, -0.15) is 0 Å². The van der Waals surface area contributed by atoms with Crippen LogP contribution in [0.4, 0.5) is 0 Å². The monoisotopic (exact) mass is 158 g/mol. The first-order chi connectivity index (χ1) is 5.07. The number of rotatable bonds is 2. The van der Waals surface area contributed by atoms with Crippen molar-refractivity contribution in [3.63, 3.8) is 0 Å². The summed E-state index contributed by atoms with van der Waals surface area (Å²) in [6.45, 7) is 7.32. The van der Waals surface area contributed by atoms with Crippen LogP contribution in [-0.2, 0) is 9.47 Å². The highest BCUT2D eigenvalue weighted by Gasteiger charge is 2.37. The molecular weight excluding hydrogens is 140 g/mol. The average Bonchev–Trinajstić information content (AvgIpc) is 2.33. The van der Waals surface area contributed by atoms with Crippen molar-refractivity contribution < 1.29 is 9.47 Å². The molecule has 0 amide bonds. The van der Waals surface area contributed by atoms with Crippen molar-refractivity contribution in [3.8, 4) is 0 Å². The lowest BCUT2D eigenvalue weighted by atomic mass is 9.93. The first-order valence-corrected chi connectivity index (χ1v) is 4.26. The number of methoxy groups -OCH3 is 1. The quantitative estimate of drug-likeness (QED) is 0.612. The van der Waals surface area contributed by atoms with Crippen LogP contribution in [0, 0.1) is 11.8 Å². The molecule has 2 atom stereocenters. The van der Waals surface area contributed by atoms with Crippen LogP contribution in [0.3, 0.4) is 0 Å². The van der Waals surface area contributed by atoms with Crippen LogP contribution < -0.4 is 0 Å². The third-order valence-corrected chi connectivity index (χ3v) is 2.61. The van der Waals surface area contributed by atoms with Crippen molar-refractivity contribution in [1.29, 1.82) is 0 Å². The van der Waals surface area contributed by atoms with Crippen molar-refractivity contribution >= 4 is 0 Å². The predicted octanol–water partition coefficient (Wildman–Crippen LogP) is 2.04. The van der Waals surface area contributed by atoms with Crippen molar-refractivity contribution in [3.05, 3.63) is 0 Å². The fraction of sp³-hybridized carbons (Fsp3) is 1.00. The van der Waals surface area contributed by atoms with Crippen molar-refractivity contribution in [2.75, 3.05) is 13.7 Å². The molecule has 1 rings (SSSR count). The Kier molecular flexibility index (Phi) is 2.55. The van der Waals surface area contributed by atoms with Gasteiger partial charge in [0.25, 0.3) is 0 Å². The van der Waals surface area contributed by atoms with Gasteiger partial charge in [-0.1, -0.05) is 13.8 Å². The van der Waals surface area contributed by atoms with Gasteiger partial charge in [-0.15, -0.1) is 0 Å². The van der Waals surface area contributed by atoms with Crippen LogP contribution in [-0.4, -0.2) is 19.5 Å². The second-order valence-corrected chi connectivity index (χ2v) is 3.86. The molecule has 0 aromatic rings. The van der Waals surface area contributed by atoms with Crippen LogP contribution >= 0.6 is 0 Å². The summed E-state index contributed by atoms with van der Waals surface area (Å²) < 4.78 is 10.8. The van der Waals surface area contributed by atoms with Crippen molar-refractivity contribution in [2.45, 2.75) is 33.0 Å². The molecular formula is C9H18O2. The molecule has 1 aliphatic heterocycles. The minimum absolute atomic E-state index is 0.311. The van der Waals surface area contributed by atoms with Gasteiger partial charge in [-0.05, 0) is 18.8 Å². The van der Waals surface area contributed by atoms with Gasteiger partial charge in [0, 0.05) is 13.5 Å². The van der Waals surface area contributed by atoms with Gasteiger partial charge in [-0.25, -0.2) is 0 Å². The Balaban J connectivity index is 2.46. The third-order valence-electron chi connectivity index (χ3n) is 2.61. The highest BCUT2D eigenvalue weighted by atomic mass is 16.7. The Labute approximate surface area is 68.9 Å². The molecule has 0 aromatic heterocycles. The van der Waals surface area contributed by atoms with E-state index in [-0.39, 0.29) is 5.79 Å². The Morgan fingerprint density at radius 1 is 1.55 bits per heavy atom. The summed E-state index contributed by atoms with van der Waals surface area (Å²) in [6, 6.07) is 0. The van der Waals surface area contributed by atoms with Crippen LogP contribution in [0.2, 0.25) is 0 Å². The van der Waals surface area contributed by atoms with E-state index in [9.17, 15) is 0 Å². The SMILES string of the molecule is CO[C@@]1(C)CC(C(C)C)CO1. The van der Waals surface area contributed by atoms with Gasteiger partial charge < -0.3 is 9.47 Å². The van der Waals surface area contributed by atoms with Gasteiger partial charge in [0.2, 0.25) is 0 Å². The van der Waals surface area contributed by atoms with Gasteiger partial charge >= 0.3 is 0 Å². The molecule has 1 saturated heterocycles. The van der Waals surface area contributed by atoms with Crippen LogP contribution in [0.5, 0.6) is 0 Å². The molecule has 66 valence electrons. The maximum atomic E-state index is 5.54. The predicted molar refractivity (Wildman–Crippen MR) is 44.3 cm³/mol. The second-order valence-electron chi connectivity index (χ2n) is 3.86. The van der Waals surface area contributed by atoms with E-state index in [1.54, 1.807) is 7.11 Å². The van der Waals surface area contributed by atoms with Gasteiger partial charge in [0.15, 0.2) is 5.79 Å². The smallest absolute Gasteiger partial charge is 0.165 e. The van der Waals surface area contributed by atoms with E-state index in [2.05, 4.69) is 13.8 Å². The molecule has 0 aromatic carbocycles. The third kappa shape index (κ3) is 1.94. The average molecular weight is 158 g/mol. The number of hydrogen-bond acceptors (Lipinski definition) is 2. The molecule has 1 unspecified atom stereocenters. The van der Waals surface area contributed by atoms with Crippen molar-refractivity contribution in [2.24, 2.45) is 11.8 Å². The molecule has 1 aliphatic rings. The summed E-state index contributed by atoms with van der Waals surface area (Å²) in [5.74, 6) is 1.06. The van der Waals surface area contributed by atoms with E-state index in [0.29, 0.717) is 11.8 Å². The lowest BCUT2D eigenvalue weighted by molar-refractivity contribution is -0.178. The first-order valence-electron chi connectivity index (χ1n) is 4.26. The first kappa shape index (κ1) is 9.01. The van der Waals surface area contributed by atoms with E-state index in [4.69, 9.17) is 9.47 Å². The van der Waals surface area contributed by atoms with Crippen molar-refractivity contribution in [1.82, 2.24) is 0 Å². The van der Waals surface area contributed by atoms with E-state index >= 15 is 0 Å². The molecule has 1 fully saturated rings. The van der Waals surface area contributed by atoms with E-state index < -0.39 is 0 Å². The Hall–Kier alpha value is -0.0800. The Morgan fingerprint density at radius 3 is 2.45 bits per heavy atom. The van der Waals surface area contributed by atoms with E-state index in [1.807, 2.05) is 6.92 Å². The molecule has 0 radical (unpaired) electrons. The zero-order chi connectivity index (χ0) is 8.48. The van der Waals surface area contributed by atoms with Crippen LogP contribution in [0.25, 0.3) is 0 Å². The molecule has 2 heteroatoms. The molecule has 0 N–H and O–H groups in total. The molecule has 0 spiro atoms. The molecule has 1 heterocycles. The highest BCUT2D eigenvalue weighted by Crippen LogP contribution is 2.34. The molecule has 0 saturated carbocycles. The zero-order valence-corrected chi connectivity index (χ0v) is 7.89. The highest BCUT2D eigenvalue weighted by molar-refractivity contribution is 4.78. The summed E-state index contributed by atoms with van der Waals surface area (Å²) in [4.78, 5) is 0. The number of hydrogen-bond donors (Lipinski definition) is 0. The zero-order valence-electron chi connectivity index (χ0n) is 7.89. The summed E-state index contributed by atoms with van der Waals surface area (Å²) in [5.41, 5.74) is 0. The fourth-order valence-electron chi connectivity index (χ4n) is 1.45. The summed E-state index contributed by atoms with van der Waals surface area (Å²) in [6.07, 6.45) is 1.03. The molecule has 0 aliphatic carbocycles. The minimum Gasteiger partial charge on any atom is -0.353 e. The van der Waals surface area contributed by atoms with Crippen LogP contribution in [0.1, 0.15) is 27.2 Å². The lowest BCUT2D eigenvalue weighted by Crippen LogP contribution is -2.25. The largest absolute Gasteiger partial charge is 0.353 e. The standard InChI is InChI=1S/C9H18O2/c1-7(2)8-5-9(3,10-4)11-6-8/h7-8H,5-6H2,1-4H3/t8?,9-/m1/s1. The van der Waals surface area contributed by atoms with Gasteiger partial charge in [0.1, 0.15) is 0 Å². The van der Waals surface area contributed by atoms with E-state index in [0.717, 1.165) is 13.0 Å². The molecule has 0 bridgehead atoms. The normalized spacial score (nSPS) is 38.5. The maximum Gasteiger partial charge on any atom is 0.165 e. The maximum absolute atomic E-state index is 5.54. The number of ether oxygens (including phenoxy) is 2.